The quantitative estimate of drug-likeness (QED) is 0.702. The van der Waals surface area contributed by atoms with Crippen LogP contribution in [0, 0.1) is 5.82 Å². The van der Waals surface area contributed by atoms with E-state index in [1.54, 1.807) is 12.1 Å². The van der Waals surface area contributed by atoms with E-state index >= 15 is 0 Å². The number of halogens is 2. The molecule has 0 bridgehead atoms. The summed E-state index contributed by atoms with van der Waals surface area (Å²) < 4.78 is 13.4. The van der Waals surface area contributed by atoms with Crippen molar-refractivity contribution in [3.63, 3.8) is 0 Å². The Morgan fingerprint density at radius 1 is 1.43 bits per heavy atom. The molecule has 0 N–H and O–H groups in total. The van der Waals surface area contributed by atoms with E-state index in [0.29, 0.717) is 23.7 Å². The van der Waals surface area contributed by atoms with Gasteiger partial charge < -0.3 is 4.90 Å². The Hall–Kier alpha value is -1.09. The minimum absolute atomic E-state index is 0.0220. The lowest BCUT2D eigenvalue weighted by Crippen LogP contribution is -2.24. The third-order valence-electron chi connectivity index (χ3n) is 2.27. The Kier molecular flexibility index (Phi) is 2.42. The summed E-state index contributed by atoms with van der Waals surface area (Å²) in [6.07, 6.45) is 1.29. The van der Waals surface area contributed by atoms with Crippen molar-refractivity contribution < 1.29 is 9.18 Å². The molecule has 0 aromatic heterocycles. The maximum absolute atomic E-state index is 13.4. The van der Waals surface area contributed by atoms with Gasteiger partial charge in [-0.25, -0.2) is 4.39 Å². The van der Waals surface area contributed by atoms with Crippen LogP contribution in [0.2, 0.25) is 5.02 Å². The van der Waals surface area contributed by atoms with Crippen LogP contribution >= 0.6 is 11.6 Å². The van der Waals surface area contributed by atoms with Gasteiger partial charge in [-0.2, -0.15) is 0 Å². The summed E-state index contributed by atoms with van der Waals surface area (Å²) in [5, 5.41) is 0.345. The number of benzene rings is 1. The van der Waals surface area contributed by atoms with Crippen molar-refractivity contribution >= 4 is 23.2 Å². The Bertz CT molecular complexity index is 380. The molecule has 0 saturated carbocycles. The Balaban J connectivity index is 2.36. The van der Waals surface area contributed by atoms with E-state index < -0.39 is 5.82 Å². The molecular formula is C10H9ClFNO. The summed E-state index contributed by atoms with van der Waals surface area (Å²) in [4.78, 5) is 12.8. The summed E-state index contributed by atoms with van der Waals surface area (Å²) in [5.74, 6) is -0.459. The first-order chi connectivity index (χ1) is 6.68. The molecule has 1 aliphatic rings. The van der Waals surface area contributed by atoms with Gasteiger partial charge in [0.15, 0.2) is 0 Å². The van der Waals surface area contributed by atoms with E-state index in [9.17, 15) is 9.18 Å². The molecule has 2 rings (SSSR count). The molecule has 0 unspecified atom stereocenters. The molecular weight excluding hydrogens is 205 g/mol. The molecule has 1 heterocycles. The van der Waals surface area contributed by atoms with Crippen molar-refractivity contribution in [2.75, 3.05) is 11.4 Å². The van der Waals surface area contributed by atoms with E-state index in [1.807, 2.05) is 0 Å². The van der Waals surface area contributed by atoms with Gasteiger partial charge in [0.05, 0.1) is 5.69 Å². The lowest BCUT2D eigenvalue weighted by Gasteiger charge is -2.16. The molecule has 14 heavy (non-hydrogen) atoms. The van der Waals surface area contributed by atoms with Gasteiger partial charge in [-0.1, -0.05) is 11.6 Å². The second-order valence-corrected chi connectivity index (χ2v) is 3.68. The number of carbonyl (C=O) groups excluding carboxylic acids is 1. The van der Waals surface area contributed by atoms with E-state index in [0.717, 1.165) is 6.42 Å². The highest BCUT2D eigenvalue weighted by molar-refractivity contribution is 6.30. The summed E-state index contributed by atoms with van der Waals surface area (Å²) >= 11 is 5.62. The van der Waals surface area contributed by atoms with Gasteiger partial charge >= 0.3 is 0 Å². The third kappa shape index (κ3) is 1.60. The molecule has 2 nitrogen and oxygen atoms in total. The molecule has 1 fully saturated rings. The van der Waals surface area contributed by atoms with Crippen LogP contribution in [0.25, 0.3) is 0 Å². The highest BCUT2D eigenvalue weighted by Crippen LogP contribution is 2.26. The average molecular weight is 214 g/mol. The minimum Gasteiger partial charge on any atom is -0.310 e. The fourth-order valence-corrected chi connectivity index (χ4v) is 1.76. The fraction of sp³-hybridized carbons (Fsp3) is 0.300. The van der Waals surface area contributed by atoms with Gasteiger partial charge in [-0.3, -0.25) is 4.79 Å². The van der Waals surface area contributed by atoms with Crippen molar-refractivity contribution in [3.8, 4) is 0 Å². The smallest absolute Gasteiger partial charge is 0.227 e. The maximum atomic E-state index is 13.4. The first-order valence-electron chi connectivity index (χ1n) is 4.44. The number of hydrogen-bond acceptors (Lipinski definition) is 1. The first kappa shape index (κ1) is 9.46. The molecule has 74 valence electrons. The largest absolute Gasteiger partial charge is 0.310 e. The number of anilines is 1. The Morgan fingerprint density at radius 2 is 2.21 bits per heavy atom. The fourth-order valence-electron chi connectivity index (χ4n) is 1.60. The second kappa shape index (κ2) is 3.58. The van der Waals surface area contributed by atoms with Gasteiger partial charge in [0.2, 0.25) is 5.91 Å². The van der Waals surface area contributed by atoms with Crippen molar-refractivity contribution in [1.82, 2.24) is 0 Å². The normalized spacial score (nSPS) is 16.4. The number of hydrogen-bond donors (Lipinski definition) is 0. The van der Waals surface area contributed by atoms with E-state index in [-0.39, 0.29) is 5.91 Å². The molecule has 1 saturated heterocycles. The van der Waals surface area contributed by atoms with Crippen molar-refractivity contribution in [2.24, 2.45) is 0 Å². The van der Waals surface area contributed by atoms with Gasteiger partial charge in [0.25, 0.3) is 0 Å². The molecule has 1 aliphatic heterocycles. The molecule has 0 spiro atoms. The van der Waals surface area contributed by atoms with Crippen LogP contribution in [0.15, 0.2) is 18.2 Å². The van der Waals surface area contributed by atoms with Crippen LogP contribution in [-0.2, 0) is 4.79 Å². The van der Waals surface area contributed by atoms with Crippen molar-refractivity contribution in [1.29, 1.82) is 0 Å². The molecule has 0 aliphatic carbocycles. The number of rotatable bonds is 1. The van der Waals surface area contributed by atoms with Crippen LogP contribution in [0.4, 0.5) is 10.1 Å². The topological polar surface area (TPSA) is 20.3 Å². The Morgan fingerprint density at radius 3 is 2.79 bits per heavy atom. The first-order valence-corrected chi connectivity index (χ1v) is 4.82. The maximum Gasteiger partial charge on any atom is 0.227 e. The summed E-state index contributed by atoms with van der Waals surface area (Å²) in [7, 11) is 0. The lowest BCUT2D eigenvalue weighted by atomic mass is 10.3. The summed E-state index contributed by atoms with van der Waals surface area (Å²) in [5.41, 5.74) is 0.330. The molecule has 4 heteroatoms. The van der Waals surface area contributed by atoms with Crippen LogP contribution in [0.3, 0.4) is 0 Å². The zero-order valence-corrected chi connectivity index (χ0v) is 8.22. The molecule has 1 aromatic carbocycles. The number of nitrogens with zero attached hydrogens (tertiary/aromatic N) is 1. The highest BCUT2D eigenvalue weighted by Gasteiger charge is 2.23. The van der Waals surface area contributed by atoms with E-state index in [2.05, 4.69) is 0 Å². The predicted molar refractivity (Wildman–Crippen MR) is 53.0 cm³/mol. The standard InChI is InChI=1S/C10H9ClFNO/c11-7-3-4-9(8(12)6-7)13-5-1-2-10(13)14/h3-4,6H,1-2,5H2. The lowest BCUT2D eigenvalue weighted by molar-refractivity contribution is -0.117. The van der Waals surface area contributed by atoms with Crippen molar-refractivity contribution in [2.45, 2.75) is 12.8 Å². The zero-order chi connectivity index (χ0) is 10.1. The van der Waals surface area contributed by atoms with Gasteiger partial charge in [0, 0.05) is 18.0 Å². The monoisotopic (exact) mass is 213 g/mol. The van der Waals surface area contributed by atoms with E-state index in [1.165, 1.54) is 11.0 Å². The highest BCUT2D eigenvalue weighted by atomic mass is 35.5. The summed E-state index contributed by atoms with van der Waals surface area (Å²) in [6.45, 7) is 0.595. The SMILES string of the molecule is O=C1CCCN1c1ccc(Cl)cc1F. The molecule has 1 aromatic rings. The van der Waals surface area contributed by atoms with Crippen LogP contribution in [0.5, 0.6) is 0 Å². The third-order valence-corrected chi connectivity index (χ3v) is 2.51. The van der Waals surface area contributed by atoms with E-state index in [4.69, 9.17) is 11.6 Å². The predicted octanol–water partition coefficient (Wildman–Crippen LogP) is 2.61. The molecule has 0 atom stereocenters. The van der Waals surface area contributed by atoms with Gasteiger partial charge in [-0.15, -0.1) is 0 Å². The summed E-state index contributed by atoms with van der Waals surface area (Å²) in [6, 6.07) is 4.36. The zero-order valence-electron chi connectivity index (χ0n) is 7.46. The molecule has 1 amide bonds. The van der Waals surface area contributed by atoms with Gasteiger partial charge in [-0.05, 0) is 24.6 Å². The Labute approximate surface area is 86.3 Å². The number of amides is 1. The van der Waals surface area contributed by atoms with Crippen LogP contribution < -0.4 is 4.90 Å². The average Bonchev–Trinajstić information content (AvgIpc) is 2.52. The van der Waals surface area contributed by atoms with Crippen molar-refractivity contribution in [3.05, 3.63) is 29.0 Å². The second-order valence-electron chi connectivity index (χ2n) is 3.24. The minimum atomic E-state index is -0.437. The number of carbonyl (C=O) groups is 1. The van der Waals surface area contributed by atoms with Crippen LogP contribution in [-0.4, -0.2) is 12.5 Å². The molecule has 0 radical (unpaired) electrons. The van der Waals surface area contributed by atoms with Crippen LogP contribution in [0.1, 0.15) is 12.8 Å². The van der Waals surface area contributed by atoms with Gasteiger partial charge in [0.1, 0.15) is 5.82 Å².